The number of hydrogen-bond donors (Lipinski definition) is 3. The highest BCUT2D eigenvalue weighted by atomic mass is 16.3. The Morgan fingerprint density at radius 1 is 1.14 bits per heavy atom. The minimum Gasteiger partial charge on any atom is -0.399 e. The lowest BCUT2D eigenvalue weighted by Gasteiger charge is -2.30. The molecule has 0 bridgehead atoms. The van der Waals surface area contributed by atoms with Crippen LogP contribution in [0.3, 0.4) is 0 Å². The molecule has 4 N–H and O–H groups in total. The Balaban J connectivity index is 1.58. The van der Waals surface area contributed by atoms with Gasteiger partial charge in [0.1, 0.15) is 0 Å². The Hall–Kier alpha value is -1.59. The Kier molecular flexibility index (Phi) is 4.64. The van der Waals surface area contributed by atoms with Crippen LogP contribution in [0.15, 0.2) is 24.3 Å². The van der Waals surface area contributed by atoms with E-state index in [2.05, 4.69) is 10.2 Å². The zero-order chi connectivity index (χ0) is 15.5. The van der Waals surface area contributed by atoms with Gasteiger partial charge in [0.25, 0.3) is 5.91 Å². The van der Waals surface area contributed by atoms with Crippen LogP contribution in [-0.2, 0) is 0 Å². The van der Waals surface area contributed by atoms with Crippen LogP contribution in [0, 0.1) is 0 Å². The summed E-state index contributed by atoms with van der Waals surface area (Å²) in [5, 5.41) is 13.2. The van der Waals surface area contributed by atoms with Crippen LogP contribution in [0.1, 0.15) is 42.5 Å². The topological polar surface area (TPSA) is 78.6 Å². The summed E-state index contributed by atoms with van der Waals surface area (Å²) in [6, 6.07) is 7.24. The summed E-state index contributed by atoms with van der Waals surface area (Å²) in [4.78, 5) is 14.6. The average Bonchev–Trinajstić information content (AvgIpc) is 2.90. The van der Waals surface area contributed by atoms with E-state index >= 15 is 0 Å². The van der Waals surface area contributed by atoms with E-state index in [4.69, 9.17) is 5.73 Å². The largest absolute Gasteiger partial charge is 0.399 e. The number of benzene rings is 1. The maximum Gasteiger partial charge on any atom is 0.251 e. The molecule has 1 heterocycles. The van der Waals surface area contributed by atoms with E-state index in [1.165, 1.54) is 32.1 Å². The van der Waals surface area contributed by atoms with Crippen molar-refractivity contribution in [3.63, 3.8) is 0 Å². The quantitative estimate of drug-likeness (QED) is 0.737. The summed E-state index contributed by atoms with van der Waals surface area (Å²) in [6.07, 6.45) is 5.82. The molecule has 1 amide bonds. The second kappa shape index (κ2) is 6.67. The second-order valence-electron chi connectivity index (χ2n) is 6.52. The molecule has 2 aliphatic rings. The van der Waals surface area contributed by atoms with E-state index in [1.807, 2.05) is 0 Å². The number of aliphatic hydroxyl groups excluding tert-OH is 1. The van der Waals surface area contributed by atoms with Gasteiger partial charge >= 0.3 is 0 Å². The SMILES string of the molecule is Nc1ccc(C(=O)N[C@@H]2CN(C3CCCCC3)C[C@@H]2O)cc1. The first kappa shape index (κ1) is 15.3. The fourth-order valence-corrected chi connectivity index (χ4v) is 3.59. The second-order valence-corrected chi connectivity index (χ2v) is 6.52. The van der Waals surface area contributed by atoms with Crippen molar-refractivity contribution in [3.05, 3.63) is 29.8 Å². The Morgan fingerprint density at radius 2 is 1.82 bits per heavy atom. The van der Waals surface area contributed by atoms with E-state index in [9.17, 15) is 9.90 Å². The third-order valence-electron chi connectivity index (χ3n) is 4.90. The Bertz CT molecular complexity index is 511. The lowest BCUT2D eigenvalue weighted by atomic mass is 9.94. The monoisotopic (exact) mass is 303 g/mol. The number of carbonyl (C=O) groups is 1. The van der Waals surface area contributed by atoms with E-state index in [0.29, 0.717) is 23.8 Å². The molecule has 5 nitrogen and oxygen atoms in total. The number of hydrogen-bond acceptors (Lipinski definition) is 4. The molecule has 1 saturated carbocycles. The predicted octanol–water partition coefficient (Wildman–Crippen LogP) is 1.38. The van der Waals surface area contributed by atoms with Crippen molar-refractivity contribution >= 4 is 11.6 Å². The van der Waals surface area contributed by atoms with Crippen molar-refractivity contribution < 1.29 is 9.90 Å². The van der Waals surface area contributed by atoms with E-state index in [-0.39, 0.29) is 11.9 Å². The van der Waals surface area contributed by atoms with Crippen LogP contribution in [0.5, 0.6) is 0 Å². The van der Waals surface area contributed by atoms with Gasteiger partial charge in [0, 0.05) is 30.4 Å². The average molecular weight is 303 g/mol. The lowest BCUT2D eigenvalue weighted by Crippen LogP contribution is -2.43. The molecule has 2 fully saturated rings. The number of nitrogen functional groups attached to an aromatic ring is 1. The van der Waals surface area contributed by atoms with Crippen molar-refractivity contribution in [3.8, 4) is 0 Å². The van der Waals surface area contributed by atoms with Crippen molar-refractivity contribution in [2.45, 2.75) is 50.3 Å². The third kappa shape index (κ3) is 3.42. The van der Waals surface area contributed by atoms with Crippen molar-refractivity contribution in [2.24, 2.45) is 0 Å². The third-order valence-corrected chi connectivity index (χ3v) is 4.90. The summed E-state index contributed by atoms with van der Waals surface area (Å²) >= 11 is 0. The van der Waals surface area contributed by atoms with Gasteiger partial charge in [0.2, 0.25) is 0 Å². The van der Waals surface area contributed by atoms with Crippen LogP contribution in [0.4, 0.5) is 5.69 Å². The van der Waals surface area contributed by atoms with Gasteiger partial charge in [-0.15, -0.1) is 0 Å². The highest BCUT2D eigenvalue weighted by molar-refractivity contribution is 5.94. The van der Waals surface area contributed by atoms with Crippen LogP contribution >= 0.6 is 0 Å². The fraction of sp³-hybridized carbons (Fsp3) is 0.588. The molecule has 22 heavy (non-hydrogen) atoms. The summed E-state index contributed by atoms with van der Waals surface area (Å²) in [7, 11) is 0. The minimum absolute atomic E-state index is 0.144. The van der Waals surface area contributed by atoms with Gasteiger partial charge in [0.05, 0.1) is 12.1 Å². The van der Waals surface area contributed by atoms with Gasteiger partial charge in [-0.25, -0.2) is 0 Å². The van der Waals surface area contributed by atoms with Gasteiger partial charge in [-0.05, 0) is 37.1 Å². The van der Waals surface area contributed by atoms with Gasteiger partial charge in [-0.3, -0.25) is 9.69 Å². The van der Waals surface area contributed by atoms with Gasteiger partial charge in [-0.1, -0.05) is 19.3 Å². The maximum absolute atomic E-state index is 12.3. The number of rotatable bonds is 3. The van der Waals surface area contributed by atoms with Crippen LogP contribution in [0.2, 0.25) is 0 Å². The molecular formula is C17H25N3O2. The highest BCUT2D eigenvalue weighted by Crippen LogP contribution is 2.26. The number of carbonyl (C=O) groups excluding carboxylic acids is 1. The molecule has 1 saturated heterocycles. The number of nitrogens with one attached hydrogen (secondary N) is 1. The number of nitrogens with zero attached hydrogens (tertiary/aromatic N) is 1. The smallest absolute Gasteiger partial charge is 0.251 e. The number of β-amino-alcohol motifs (C(OH)–C–C–N with tert-alkyl or cyclic N) is 1. The number of likely N-dealkylation sites (tertiary alicyclic amines) is 1. The summed E-state index contributed by atoms with van der Waals surface area (Å²) in [5.41, 5.74) is 6.86. The zero-order valence-corrected chi connectivity index (χ0v) is 12.9. The van der Waals surface area contributed by atoms with Gasteiger partial charge < -0.3 is 16.2 Å². The highest BCUT2D eigenvalue weighted by Gasteiger charge is 2.36. The molecule has 5 heteroatoms. The molecule has 1 aromatic carbocycles. The standard InChI is InChI=1S/C17H25N3O2/c18-13-8-6-12(7-9-13)17(22)19-15-10-20(11-16(15)21)14-4-2-1-3-5-14/h6-9,14-16,21H,1-5,10-11,18H2,(H,19,22)/t15-,16+/m1/s1. The number of anilines is 1. The zero-order valence-electron chi connectivity index (χ0n) is 12.9. The van der Waals surface area contributed by atoms with E-state index in [0.717, 1.165) is 6.54 Å². The lowest BCUT2D eigenvalue weighted by molar-refractivity contribution is 0.0887. The van der Waals surface area contributed by atoms with E-state index < -0.39 is 6.10 Å². The molecule has 0 spiro atoms. The molecule has 1 aliphatic carbocycles. The van der Waals surface area contributed by atoms with Crippen molar-refractivity contribution in [2.75, 3.05) is 18.8 Å². The molecule has 3 rings (SSSR count). The maximum atomic E-state index is 12.3. The first-order valence-corrected chi connectivity index (χ1v) is 8.22. The molecular weight excluding hydrogens is 278 g/mol. The van der Waals surface area contributed by atoms with Crippen LogP contribution in [-0.4, -0.2) is 47.2 Å². The molecule has 0 unspecified atom stereocenters. The molecule has 120 valence electrons. The van der Waals surface area contributed by atoms with Crippen LogP contribution in [0.25, 0.3) is 0 Å². The molecule has 0 aromatic heterocycles. The molecule has 0 radical (unpaired) electrons. The van der Waals surface area contributed by atoms with E-state index in [1.54, 1.807) is 24.3 Å². The number of aliphatic hydroxyl groups is 1. The number of nitrogens with two attached hydrogens (primary N) is 1. The number of amides is 1. The molecule has 2 atom stereocenters. The summed E-state index contributed by atoms with van der Waals surface area (Å²) in [6.45, 7) is 1.41. The normalized spacial score (nSPS) is 27.0. The fourth-order valence-electron chi connectivity index (χ4n) is 3.59. The summed E-state index contributed by atoms with van der Waals surface area (Å²) in [5.74, 6) is -0.144. The predicted molar refractivity (Wildman–Crippen MR) is 86.6 cm³/mol. The first-order valence-electron chi connectivity index (χ1n) is 8.22. The first-order chi connectivity index (χ1) is 10.6. The minimum atomic E-state index is -0.486. The van der Waals surface area contributed by atoms with Crippen LogP contribution < -0.4 is 11.1 Å². The van der Waals surface area contributed by atoms with Crippen molar-refractivity contribution in [1.29, 1.82) is 0 Å². The Morgan fingerprint density at radius 3 is 2.50 bits per heavy atom. The summed E-state index contributed by atoms with van der Waals surface area (Å²) < 4.78 is 0. The Labute approximate surface area is 131 Å². The van der Waals surface area contributed by atoms with Crippen molar-refractivity contribution in [1.82, 2.24) is 10.2 Å². The molecule has 1 aliphatic heterocycles. The molecule has 1 aromatic rings. The van der Waals surface area contributed by atoms with Gasteiger partial charge in [-0.2, -0.15) is 0 Å². The van der Waals surface area contributed by atoms with Gasteiger partial charge in [0.15, 0.2) is 0 Å².